The van der Waals surface area contributed by atoms with Gasteiger partial charge in [-0.2, -0.15) is 0 Å². The normalized spacial score (nSPS) is 18.7. The van der Waals surface area contributed by atoms with Gasteiger partial charge in [-0.15, -0.1) is 0 Å². The first kappa shape index (κ1) is 12.1. The Bertz CT molecular complexity index is 569. The van der Waals surface area contributed by atoms with Gasteiger partial charge in [0, 0.05) is 36.5 Å². The summed E-state index contributed by atoms with van der Waals surface area (Å²) in [6.45, 7) is 5.49. The van der Waals surface area contributed by atoms with Crippen molar-refractivity contribution in [3.8, 4) is 0 Å². The molecule has 1 atom stereocenters. The van der Waals surface area contributed by atoms with Gasteiger partial charge in [0.1, 0.15) is 6.04 Å². The van der Waals surface area contributed by atoms with Crippen LogP contribution in [0, 0.1) is 5.92 Å². The lowest BCUT2D eigenvalue weighted by Gasteiger charge is -2.37. The maximum atomic E-state index is 12.4. The quantitative estimate of drug-likeness (QED) is 0.830. The van der Waals surface area contributed by atoms with E-state index >= 15 is 0 Å². The first-order valence-electron chi connectivity index (χ1n) is 6.66. The summed E-state index contributed by atoms with van der Waals surface area (Å²) in [5.74, 6) is 0.203. The SMILES string of the molecule is CC(C)C(=O)N1CCn2cccc2[C@@H]1c1ccoc1. The Morgan fingerprint density at radius 1 is 1.37 bits per heavy atom. The molecule has 0 bridgehead atoms. The molecule has 0 saturated carbocycles. The fourth-order valence-electron chi connectivity index (χ4n) is 2.73. The summed E-state index contributed by atoms with van der Waals surface area (Å²) in [7, 11) is 0. The van der Waals surface area contributed by atoms with Crippen LogP contribution in [0.2, 0.25) is 0 Å². The zero-order valence-corrected chi connectivity index (χ0v) is 11.2. The summed E-state index contributed by atoms with van der Waals surface area (Å²) in [6.07, 6.45) is 5.46. The Balaban J connectivity index is 2.04. The van der Waals surface area contributed by atoms with Gasteiger partial charge >= 0.3 is 0 Å². The summed E-state index contributed by atoms with van der Waals surface area (Å²) in [5.41, 5.74) is 2.19. The monoisotopic (exact) mass is 258 g/mol. The van der Waals surface area contributed by atoms with Crippen molar-refractivity contribution in [3.05, 3.63) is 48.2 Å². The third-order valence-corrected chi connectivity index (χ3v) is 3.67. The van der Waals surface area contributed by atoms with Crippen LogP contribution in [0.4, 0.5) is 0 Å². The molecule has 100 valence electrons. The number of carbonyl (C=O) groups excluding carboxylic acids is 1. The molecule has 0 saturated heterocycles. The van der Waals surface area contributed by atoms with E-state index in [0.717, 1.165) is 24.3 Å². The smallest absolute Gasteiger partial charge is 0.226 e. The van der Waals surface area contributed by atoms with E-state index < -0.39 is 0 Å². The largest absolute Gasteiger partial charge is 0.472 e. The third kappa shape index (κ3) is 1.97. The van der Waals surface area contributed by atoms with Crippen molar-refractivity contribution in [2.24, 2.45) is 5.92 Å². The number of nitrogens with zero attached hydrogens (tertiary/aromatic N) is 2. The van der Waals surface area contributed by atoms with Crippen molar-refractivity contribution in [2.75, 3.05) is 6.54 Å². The lowest BCUT2D eigenvalue weighted by molar-refractivity contribution is -0.137. The first-order chi connectivity index (χ1) is 9.18. The zero-order chi connectivity index (χ0) is 13.4. The highest BCUT2D eigenvalue weighted by molar-refractivity contribution is 5.79. The number of carbonyl (C=O) groups is 1. The second-order valence-electron chi connectivity index (χ2n) is 5.27. The van der Waals surface area contributed by atoms with E-state index in [1.165, 1.54) is 0 Å². The number of amides is 1. The Morgan fingerprint density at radius 3 is 2.89 bits per heavy atom. The molecule has 0 aliphatic carbocycles. The van der Waals surface area contributed by atoms with Gasteiger partial charge in [0.2, 0.25) is 5.91 Å². The molecule has 4 heteroatoms. The van der Waals surface area contributed by atoms with Crippen molar-refractivity contribution in [1.82, 2.24) is 9.47 Å². The lowest BCUT2D eigenvalue weighted by Crippen LogP contribution is -2.44. The maximum Gasteiger partial charge on any atom is 0.226 e. The summed E-state index contributed by atoms with van der Waals surface area (Å²) in [4.78, 5) is 14.4. The van der Waals surface area contributed by atoms with Crippen molar-refractivity contribution in [2.45, 2.75) is 26.4 Å². The number of rotatable bonds is 2. The molecule has 2 aromatic rings. The molecule has 0 unspecified atom stereocenters. The summed E-state index contributed by atoms with van der Waals surface area (Å²) < 4.78 is 7.41. The number of fused-ring (bicyclic) bond motifs is 1. The van der Waals surface area contributed by atoms with Gasteiger partial charge in [-0.1, -0.05) is 13.8 Å². The molecule has 2 aromatic heterocycles. The van der Waals surface area contributed by atoms with Gasteiger partial charge in [0.25, 0.3) is 0 Å². The van der Waals surface area contributed by atoms with Crippen molar-refractivity contribution < 1.29 is 9.21 Å². The molecule has 0 radical (unpaired) electrons. The molecular formula is C15H18N2O2. The van der Waals surface area contributed by atoms with Gasteiger partial charge in [-0.3, -0.25) is 4.79 Å². The standard InChI is InChI=1S/C15H18N2O2/c1-11(2)15(18)17-8-7-16-6-3-4-13(16)14(17)12-5-9-19-10-12/h3-6,9-11,14H,7-8H2,1-2H3/t14-/m0/s1. The Kier molecular flexibility index (Phi) is 2.93. The second-order valence-corrected chi connectivity index (χ2v) is 5.27. The maximum absolute atomic E-state index is 12.4. The Labute approximate surface area is 112 Å². The van der Waals surface area contributed by atoms with Crippen LogP contribution in [0.1, 0.15) is 31.1 Å². The number of hydrogen-bond donors (Lipinski definition) is 0. The molecule has 1 aliphatic rings. The van der Waals surface area contributed by atoms with E-state index in [-0.39, 0.29) is 17.9 Å². The molecule has 19 heavy (non-hydrogen) atoms. The molecular weight excluding hydrogens is 240 g/mol. The molecule has 4 nitrogen and oxygen atoms in total. The lowest BCUT2D eigenvalue weighted by atomic mass is 10.0. The zero-order valence-electron chi connectivity index (χ0n) is 11.2. The molecule has 0 spiro atoms. The van der Waals surface area contributed by atoms with Gasteiger partial charge in [-0.05, 0) is 18.2 Å². The van der Waals surface area contributed by atoms with Crippen LogP contribution in [0.5, 0.6) is 0 Å². The van der Waals surface area contributed by atoms with Crippen LogP contribution >= 0.6 is 0 Å². The van der Waals surface area contributed by atoms with Crippen LogP contribution in [-0.2, 0) is 11.3 Å². The van der Waals surface area contributed by atoms with Gasteiger partial charge in [0.15, 0.2) is 0 Å². The van der Waals surface area contributed by atoms with Gasteiger partial charge < -0.3 is 13.9 Å². The highest BCUT2D eigenvalue weighted by Gasteiger charge is 2.33. The fourth-order valence-corrected chi connectivity index (χ4v) is 2.73. The first-order valence-corrected chi connectivity index (χ1v) is 6.66. The molecule has 1 amide bonds. The Hall–Kier alpha value is -1.97. The predicted molar refractivity (Wildman–Crippen MR) is 71.5 cm³/mol. The van der Waals surface area contributed by atoms with E-state index in [4.69, 9.17) is 4.42 Å². The van der Waals surface area contributed by atoms with Crippen LogP contribution < -0.4 is 0 Å². The molecule has 3 heterocycles. The average molecular weight is 258 g/mol. The van der Waals surface area contributed by atoms with E-state index in [0.29, 0.717) is 0 Å². The van der Waals surface area contributed by atoms with E-state index in [1.54, 1.807) is 12.5 Å². The fraction of sp³-hybridized carbons (Fsp3) is 0.400. The van der Waals surface area contributed by atoms with Crippen LogP contribution in [0.15, 0.2) is 41.3 Å². The number of hydrogen-bond acceptors (Lipinski definition) is 2. The number of aromatic nitrogens is 1. The third-order valence-electron chi connectivity index (χ3n) is 3.67. The van der Waals surface area contributed by atoms with Crippen molar-refractivity contribution >= 4 is 5.91 Å². The highest BCUT2D eigenvalue weighted by atomic mass is 16.3. The molecule has 3 rings (SSSR count). The minimum Gasteiger partial charge on any atom is -0.472 e. The molecule has 1 aliphatic heterocycles. The summed E-state index contributed by atoms with van der Waals surface area (Å²) in [6, 6.07) is 6.02. The van der Waals surface area contributed by atoms with E-state index in [2.05, 4.69) is 16.8 Å². The van der Waals surface area contributed by atoms with Crippen molar-refractivity contribution in [3.63, 3.8) is 0 Å². The van der Waals surface area contributed by atoms with Crippen LogP contribution in [-0.4, -0.2) is 21.9 Å². The van der Waals surface area contributed by atoms with Gasteiger partial charge in [-0.25, -0.2) is 0 Å². The highest BCUT2D eigenvalue weighted by Crippen LogP contribution is 2.33. The Morgan fingerprint density at radius 2 is 2.21 bits per heavy atom. The topological polar surface area (TPSA) is 38.4 Å². The van der Waals surface area contributed by atoms with E-state index in [9.17, 15) is 4.79 Å². The number of furan rings is 1. The minimum absolute atomic E-state index is 0.0101. The molecule has 0 N–H and O–H groups in total. The second kappa shape index (κ2) is 4.61. The van der Waals surface area contributed by atoms with Crippen LogP contribution in [0.3, 0.4) is 0 Å². The van der Waals surface area contributed by atoms with Crippen molar-refractivity contribution in [1.29, 1.82) is 0 Å². The van der Waals surface area contributed by atoms with E-state index in [1.807, 2.05) is 30.9 Å². The van der Waals surface area contributed by atoms with Crippen LogP contribution in [0.25, 0.3) is 0 Å². The molecule has 0 fully saturated rings. The molecule has 0 aromatic carbocycles. The average Bonchev–Trinajstić information content (AvgIpc) is 3.07. The van der Waals surface area contributed by atoms with Gasteiger partial charge in [0.05, 0.1) is 12.5 Å². The predicted octanol–water partition coefficient (Wildman–Crippen LogP) is 2.67. The summed E-state index contributed by atoms with van der Waals surface area (Å²) in [5, 5.41) is 0. The minimum atomic E-state index is -0.0302. The summed E-state index contributed by atoms with van der Waals surface area (Å²) >= 11 is 0.